The van der Waals surface area contributed by atoms with Crippen LogP contribution in [0.25, 0.3) is 11.3 Å². The van der Waals surface area contributed by atoms with Crippen molar-refractivity contribution in [2.45, 2.75) is 25.7 Å². The standard InChI is InChI=1S/C16H21N3/c1-12-3-5-13(6-4-12)15-11-16(19(2)18-15)14-7-9-17-10-8-14/h3-6,11,14,17H,7-10H2,1-2H3. The molecule has 1 aromatic heterocycles. The summed E-state index contributed by atoms with van der Waals surface area (Å²) in [6, 6.07) is 10.9. The van der Waals surface area contributed by atoms with Crippen molar-refractivity contribution in [2.75, 3.05) is 13.1 Å². The zero-order chi connectivity index (χ0) is 13.2. The van der Waals surface area contributed by atoms with Gasteiger partial charge in [-0.15, -0.1) is 0 Å². The summed E-state index contributed by atoms with van der Waals surface area (Å²) in [5.74, 6) is 0.651. The summed E-state index contributed by atoms with van der Waals surface area (Å²) in [5.41, 5.74) is 4.97. The Hall–Kier alpha value is -1.61. The van der Waals surface area contributed by atoms with E-state index in [1.807, 2.05) is 0 Å². The quantitative estimate of drug-likeness (QED) is 0.894. The van der Waals surface area contributed by atoms with Gasteiger partial charge in [0.05, 0.1) is 5.69 Å². The lowest BCUT2D eigenvalue weighted by Crippen LogP contribution is -2.27. The second-order valence-electron chi connectivity index (χ2n) is 5.47. The first-order chi connectivity index (χ1) is 9.24. The largest absolute Gasteiger partial charge is 0.317 e. The molecule has 1 aliphatic rings. The molecule has 0 atom stereocenters. The summed E-state index contributed by atoms with van der Waals surface area (Å²) in [5, 5.41) is 8.10. The molecule has 3 rings (SSSR count). The molecule has 0 bridgehead atoms. The minimum Gasteiger partial charge on any atom is -0.317 e. The third-order valence-corrected chi connectivity index (χ3v) is 4.02. The van der Waals surface area contributed by atoms with E-state index in [0.29, 0.717) is 5.92 Å². The molecular weight excluding hydrogens is 234 g/mol. The van der Waals surface area contributed by atoms with E-state index in [2.05, 4.69) is 59.4 Å². The van der Waals surface area contributed by atoms with Gasteiger partial charge in [-0.2, -0.15) is 5.10 Å². The van der Waals surface area contributed by atoms with Gasteiger partial charge in [0.25, 0.3) is 0 Å². The summed E-state index contributed by atoms with van der Waals surface area (Å²) in [6.45, 7) is 4.36. The molecule has 0 radical (unpaired) electrons. The maximum atomic E-state index is 4.68. The first kappa shape index (κ1) is 12.4. The molecule has 1 fully saturated rings. The molecule has 19 heavy (non-hydrogen) atoms. The number of aromatic nitrogens is 2. The van der Waals surface area contributed by atoms with Gasteiger partial charge in [0, 0.05) is 24.2 Å². The number of rotatable bonds is 2. The number of nitrogens with zero attached hydrogens (tertiary/aromatic N) is 2. The van der Waals surface area contributed by atoms with Gasteiger partial charge in [0.1, 0.15) is 0 Å². The molecule has 2 heterocycles. The maximum absolute atomic E-state index is 4.68. The predicted octanol–water partition coefficient (Wildman–Crippen LogP) is 2.86. The predicted molar refractivity (Wildman–Crippen MR) is 78.2 cm³/mol. The van der Waals surface area contributed by atoms with Crippen LogP contribution in [-0.4, -0.2) is 22.9 Å². The SMILES string of the molecule is Cc1ccc(-c2cc(C3CCNCC3)n(C)n2)cc1. The number of benzene rings is 1. The highest BCUT2D eigenvalue weighted by Crippen LogP contribution is 2.28. The molecule has 0 spiro atoms. The molecule has 0 amide bonds. The molecule has 2 aromatic rings. The van der Waals surface area contributed by atoms with E-state index >= 15 is 0 Å². The molecule has 1 aromatic carbocycles. The number of piperidine rings is 1. The Kier molecular flexibility index (Phi) is 3.38. The zero-order valence-corrected chi connectivity index (χ0v) is 11.7. The summed E-state index contributed by atoms with van der Waals surface area (Å²) < 4.78 is 2.06. The topological polar surface area (TPSA) is 29.9 Å². The lowest BCUT2D eigenvalue weighted by Gasteiger charge is -2.22. The van der Waals surface area contributed by atoms with Gasteiger partial charge in [0.2, 0.25) is 0 Å². The minimum atomic E-state index is 0.651. The van der Waals surface area contributed by atoms with Crippen molar-refractivity contribution in [3.05, 3.63) is 41.6 Å². The van der Waals surface area contributed by atoms with E-state index in [1.165, 1.54) is 29.7 Å². The Labute approximate surface area is 114 Å². The summed E-state index contributed by atoms with van der Waals surface area (Å²) in [6.07, 6.45) is 2.43. The van der Waals surface area contributed by atoms with Crippen molar-refractivity contribution in [1.82, 2.24) is 15.1 Å². The first-order valence-corrected chi connectivity index (χ1v) is 7.06. The second kappa shape index (κ2) is 5.17. The van der Waals surface area contributed by atoms with Crippen molar-refractivity contribution in [3.8, 4) is 11.3 Å². The Morgan fingerprint density at radius 3 is 2.53 bits per heavy atom. The molecule has 3 heteroatoms. The van der Waals surface area contributed by atoms with Crippen LogP contribution >= 0.6 is 0 Å². The summed E-state index contributed by atoms with van der Waals surface area (Å²) >= 11 is 0. The molecule has 100 valence electrons. The lowest BCUT2D eigenvalue weighted by atomic mass is 9.94. The maximum Gasteiger partial charge on any atom is 0.0926 e. The molecule has 0 saturated carbocycles. The van der Waals surface area contributed by atoms with Crippen LogP contribution in [0.4, 0.5) is 0 Å². The van der Waals surface area contributed by atoms with Crippen LogP contribution in [0.5, 0.6) is 0 Å². The van der Waals surface area contributed by atoms with Crippen LogP contribution in [0.15, 0.2) is 30.3 Å². The Morgan fingerprint density at radius 1 is 1.16 bits per heavy atom. The third kappa shape index (κ3) is 2.56. The van der Waals surface area contributed by atoms with Gasteiger partial charge < -0.3 is 5.32 Å². The fraction of sp³-hybridized carbons (Fsp3) is 0.438. The monoisotopic (exact) mass is 255 g/mol. The molecule has 3 nitrogen and oxygen atoms in total. The van der Waals surface area contributed by atoms with E-state index in [-0.39, 0.29) is 0 Å². The Balaban J connectivity index is 1.90. The van der Waals surface area contributed by atoms with Gasteiger partial charge in [-0.3, -0.25) is 4.68 Å². The van der Waals surface area contributed by atoms with E-state index in [9.17, 15) is 0 Å². The third-order valence-electron chi connectivity index (χ3n) is 4.02. The zero-order valence-electron chi connectivity index (χ0n) is 11.7. The van der Waals surface area contributed by atoms with Gasteiger partial charge in [-0.05, 0) is 38.9 Å². The number of hydrogen-bond acceptors (Lipinski definition) is 2. The average molecular weight is 255 g/mol. The van der Waals surface area contributed by atoms with Gasteiger partial charge >= 0.3 is 0 Å². The van der Waals surface area contributed by atoms with Gasteiger partial charge in [-0.25, -0.2) is 0 Å². The highest BCUT2D eigenvalue weighted by atomic mass is 15.3. The smallest absolute Gasteiger partial charge is 0.0926 e. The van der Waals surface area contributed by atoms with Crippen LogP contribution in [0.3, 0.4) is 0 Å². The van der Waals surface area contributed by atoms with Crippen LogP contribution in [0, 0.1) is 6.92 Å². The molecule has 0 aliphatic carbocycles. The van der Waals surface area contributed by atoms with Crippen molar-refractivity contribution in [1.29, 1.82) is 0 Å². The number of nitrogens with one attached hydrogen (secondary N) is 1. The van der Waals surface area contributed by atoms with Crippen LogP contribution in [0.2, 0.25) is 0 Å². The fourth-order valence-electron chi connectivity index (χ4n) is 2.85. The highest BCUT2D eigenvalue weighted by Gasteiger charge is 2.19. The van der Waals surface area contributed by atoms with E-state index in [4.69, 9.17) is 0 Å². The van der Waals surface area contributed by atoms with Crippen molar-refractivity contribution in [2.24, 2.45) is 7.05 Å². The van der Waals surface area contributed by atoms with E-state index in [0.717, 1.165) is 18.8 Å². The second-order valence-corrected chi connectivity index (χ2v) is 5.47. The molecule has 1 aliphatic heterocycles. The molecular formula is C16H21N3. The lowest BCUT2D eigenvalue weighted by molar-refractivity contribution is 0.440. The average Bonchev–Trinajstić information content (AvgIpc) is 2.83. The highest BCUT2D eigenvalue weighted by molar-refractivity contribution is 5.60. The van der Waals surface area contributed by atoms with E-state index < -0.39 is 0 Å². The van der Waals surface area contributed by atoms with Gasteiger partial charge in [-0.1, -0.05) is 29.8 Å². The van der Waals surface area contributed by atoms with Crippen LogP contribution in [0.1, 0.15) is 30.0 Å². The van der Waals surface area contributed by atoms with Gasteiger partial charge in [0.15, 0.2) is 0 Å². The molecule has 1 N–H and O–H groups in total. The van der Waals surface area contributed by atoms with Crippen molar-refractivity contribution < 1.29 is 0 Å². The Morgan fingerprint density at radius 2 is 1.84 bits per heavy atom. The summed E-state index contributed by atoms with van der Waals surface area (Å²) in [7, 11) is 2.06. The van der Waals surface area contributed by atoms with Crippen molar-refractivity contribution >= 4 is 0 Å². The van der Waals surface area contributed by atoms with Crippen molar-refractivity contribution in [3.63, 3.8) is 0 Å². The normalized spacial score (nSPS) is 16.7. The molecule has 1 saturated heterocycles. The van der Waals surface area contributed by atoms with E-state index in [1.54, 1.807) is 0 Å². The summed E-state index contributed by atoms with van der Waals surface area (Å²) in [4.78, 5) is 0. The number of hydrogen-bond donors (Lipinski definition) is 1. The fourth-order valence-corrected chi connectivity index (χ4v) is 2.85. The first-order valence-electron chi connectivity index (χ1n) is 7.06. The Bertz CT molecular complexity index is 548. The molecule has 0 unspecified atom stereocenters. The van der Waals surface area contributed by atoms with Crippen LogP contribution in [-0.2, 0) is 7.05 Å². The van der Waals surface area contributed by atoms with Crippen LogP contribution < -0.4 is 5.32 Å². The number of aryl methyl sites for hydroxylation is 2. The minimum absolute atomic E-state index is 0.651.